The average Bonchev–Trinajstić information content (AvgIpc) is 2.47. The Hall–Kier alpha value is -0.950. The lowest BCUT2D eigenvalue weighted by Gasteiger charge is -2.38. The topological polar surface area (TPSA) is 72.6 Å². The Balaban J connectivity index is 2.14. The van der Waals surface area contributed by atoms with Crippen LogP contribution in [0.4, 0.5) is 0 Å². The molecule has 118 valence electrons. The van der Waals surface area contributed by atoms with Crippen molar-refractivity contribution < 1.29 is 13.2 Å². The van der Waals surface area contributed by atoms with Crippen LogP contribution in [0.1, 0.15) is 30.9 Å². The van der Waals surface area contributed by atoms with E-state index in [1.165, 1.54) is 0 Å². The van der Waals surface area contributed by atoms with E-state index in [9.17, 15) is 8.42 Å². The van der Waals surface area contributed by atoms with E-state index in [2.05, 4.69) is 0 Å². The maximum Gasteiger partial charge on any atom is 0.218 e. The number of benzene rings is 1. The second-order valence-electron chi connectivity index (χ2n) is 5.87. The SMILES string of the molecule is COC1(C)CCCN(S(=O)(=O)Cc2cccc(CN)c2)C1. The molecule has 0 aliphatic carbocycles. The van der Waals surface area contributed by atoms with Crippen LogP contribution in [-0.2, 0) is 27.1 Å². The first-order valence-electron chi connectivity index (χ1n) is 7.19. The summed E-state index contributed by atoms with van der Waals surface area (Å²) in [4.78, 5) is 0. The molecule has 0 spiro atoms. The fourth-order valence-corrected chi connectivity index (χ4v) is 4.37. The van der Waals surface area contributed by atoms with Gasteiger partial charge in [-0.25, -0.2) is 8.42 Å². The van der Waals surface area contributed by atoms with Crippen molar-refractivity contribution in [3.63, 3.8) is 0 Å². The zero-order chi connectivity index (χ0) is 15.5. The van der Waals surface area contributed by atoms with Gasteiger partial charge in [-0.05, 0) is 30.9 Å². The van der Waals surface area contributed by atoms with Gasteiger partial charge in [0.1, 0.15) is 0 Å². The van der Waals surface area contributed by atoms with Crippen LogP contribution in [0, 0.1) is 0 Å². The zero-order valence-corrected chi connectivity index (χ0v) is 13.5. The van der Waals surface area contributed by atoms with Crippen molar-refractivity contribution in [3.05, 3.63) is 35.4 Å². The molecule has 1 unspecified atom stereocenters. The summed E-state index contributed by atoms with van der Waals surface area (Å²) in [6.07, 6.45) is 1.71. The standard InChI is InChI=1S/C15H24N2O3S/c1-15(20-2)7-4-8-17(12-15)21(18,19)11-14-6-3-5-13(9-14)10-16/h3,5-6,9H,4,7-8,10-12,16H2,1-2H3. The van der Waals surface area contributed by atoms with Crippen LogP contribution in [-0.4, -0.2) is 38.5 Å². The number of piperidine rings is 1. The lowest BCUT2D eigenvalue weighted by molar-refractivity contribution is -0.0319. The second-order valence-corrected chi connectivity index (χ2v) is 7.84. The molecule has 0 amide bonds. The number of nitrogens with zero attached hydrogens (tertiary/aromatic N) is 1. The van der Waals surface area contributed by atoms with Crippen LogP contribution < -0.4 is 5.73 Å². The Morgan fingerprint density at radius 3 is 2.76 bits per heavy atom. The highest BCUT2D eigenvalue weighted by Crippen LogP contribution is 2.26. The molecule has 5 nitrogen and oxygen atoms in total. The summed E-state index contributed by atoms with van der Waals surface area (Å²) in [5.41, 5.74) is 6.95. The highest BCUT2D eigenvalue weighted by molar-refractivity contribution is 7.88. The molecule has 6 heteroatoms. The molecule has 1 aliphatic rings. The van der Waals surface area contributed by atoms with E-state index in [1.807, 2.05) is 31.2 Å². The maximum atomic E-state index is 12.6. The highest BCUT2D eigenvalue weighted by Gasteiger charge is 2.36. The normalized spacial score (nSPS) is 24.1. The summed E-state index contributed by atoms with van der Waals surface area (Å²) in [7, 11) is -1.69. The van der Waals surface area contributed by atoms with Crippen LogP contribution in [0.25, 0.3) is 0 Å². The van der Waals surface area contributed by atoms with Crippen molar-refractivity contribution in [2.24, 2.45) is 5.73 Å². The van der Waals surface area contributed by atoms with Gasteiger partial charge in [-0.1, -0.05) is 24.3 Å². The Morgan fingerprint density at radius 2 is 2.10 bits per heavy atom. The van der Waals surface area contributed by atoms with Gasteiger partial charge in [-0.3, -0.25) is 0 Å². The number of methoxy groups -OCH3 is 1. The van der Waals surface area contributed by atoms with Crippen molar-refractivity contribution in [2.75, 3.05) is 20.2 Å². The molecule has 1 aliphatic heterocycles. The smallest absolute Gasteiger partial charge is 0.218 e. The van der Waals surface area contributed by atoms with E-state index >= 15 is 0 Å². The molecule has 1 saturated heterocycles. The Morgan fingerprint density at radius 1 is 1.38 bits per heavy atom. The number of hydrogen-bond acceptors (Lipinski definition) is 4. The van der Waals surface area contributed by atoms with Gasteiger partial charge in [-0.15, -0.1) is 0 Å². The molecule has 2 rings (SSSR count). The molecule has 1 aromatic rings. The van der Waals surface area contributed by atoms with Crippen LogP contribution in [0.15, 0.2) is 24.3 Å². The third kappa shape index (κ3) is 4.03. The van der Waals surface area contributed by atoms with Gasteiger partial charge in [0.15, 0.2) is 0 Å². The average molecular weight is 312 g/mol. The Kier molecular flexibility index (Phi) is 5.03. The van der Waals surface area contributed by atoms with Gasteiger partial charge >= 0.3 is 0 Å². The molecule has 1 atom stereocenters. The predicted molar refractivity (Wildman–Crippen MR) is 83.2 cm³/mol. The number of sulfonamides is 1. The minimum absolute atomic E-state index is 0.0145. The van der Waals surface area contributed by atoms with Crippen LogP contribution in [0.5, 0.6) is 0 Å². The van der Waals surface area contributed by atoms with Crippen molar-refractivity contribution in [2.45, 2.75) is 37.7 Å². The van der Waals surface area contributed by atoms with Gasteiger partial charge in [0.05, 0.1) is 11.4 Å². The minimum atomic E-state index is -3.33. The van der Waals surface area contributed by atoms with E-state index in [0.29, 0.717) is 19.6 Å². The van der Waals surface area contributed by atoms with Gasteiger partial charge in [0.2, 0.25) is 10.0 Å². The summed E-state index contributed by atoms with van der Waals surface area (Å²) in [6, 6.07) is 7.44. The van der Waals surface area contributed by atoms with E-state index in [-0.39, 0.29) is 11.4 Å². The third-order valence-corrected chi connectivity index (χ3v) is 5.88. The lowest BCUT2D eigenvalue weighted by Crippen LogP contribution is -2.49. The zero-order valence-electron chi connectivity index (χ0n) is 12.7. The van der Waals surface area contributed by atoms with Gasteiger partial charge in [-0.2, -0.15) is 4.31 Å². The van der Waals surface area contributed by atoms with E-state index in [1.54, 1.807) is 11.4 Å². The number of ether oxygens (including phenoxy) is 1. The second kappa shape index (κ2) is 6.44. The predicted octanol–water partition coefficient (Wildman–Crippen LogP) is 1.48. The largest absolute Gasteiger partial charge is 0.377 e. The Labute approximate surface area is 127 Å². The molecule has 0 bridgehead atoms. The minimum Gasteiger partial charge on any atom is -0.377 e. The molecule has 21 heavy (non-hydrogen) atoms. The van der Waals surface area contributed by atoms with Crippen LogP contribution in [0.3, 0.4) is 0 Å². The van der Waals surface area contributed by atoms with Crippen molar-refractivity contribution in [1.82, 2.24) is 4.31 Å². The van der Waals surface area contributed by atoms with Gasteiger partial charge < -0.3 is 10.5 Å². The summed E-state index contributed by atoms with van der Waals surface area (Å²) in [5.74, 6) is 0.0145. The van der Waals surface area contributed by atoms with Gasteiger partial charge in [0, 0.05) is 26.7 Å². The first-order valence-corrected chi connectivity index (χ1v) is 8.80. The van der Waals surface area contributed by atoms with E-state index in [4.69, 9.17) is 10.5 Å². The first-order chi connectivity index (χ1) is 9.88. The van der Waals surface area contributed by atoms with E-state index < -0.39 is 10.0 Å². The molecule has 2 N–H and O–H groups in total. The molecule has 1 fully saturated rings. The molecule has 0 saturated carbocycles. The molecule has 1 aromatic carbocycles. The van der Waals surface area contributed by atoms with Crippen molar-refractivity contribution in [3.8, 4) is 0 Å². The summed E-state index contributed by atoms with van der Waals surface area (Å²) >= 11 is 0. The summed E-state index contributed by atoms with van der Waals surface area (Å²) < 4.78 is 32.2. The summed E-state index contributed by atoms with van der Waals surface area (Å²) in [5, 5.41) is 0. The van der Waals surface area contributed by atoms with Crippen LogP contribution in [0.2, 0.25) is 0 Å². The summed E-state index contributed by atoms with van der Waals surface area (Å²) in [6.45, 7) is 3.36. The monoisotopic (exact) mass is 312 g/mol. The molecule has 1 heterocycles. The molecular formula is C15H24N2O3S. The van der Waals surface area contributed by atoms with Gasteiger partial charge in [0.25, 0.3) is 0 Å². The maximum absolute atomic E-state index is 12.6. The number of nitrogens with two attached hydrogens (primary N) is 1. The fourth-order valence-electron chi connectivity index (χ4n) is 2.71. The third-order valence-electron chi connectivity index (χ3n) is 4.09. The highest BCUT2D eigenvalue weighted by atomic mass is 32.2. The molecule has 0 radical (unpaired) electrons. The number of hydrogen-bond donors (Lipinski definition) is 1. The van der Waals surface area contributed by atoms with E-state index in [0.717, 1.165) is 24.0 Å². The fraction of sp³-hybridized carbons (Fsp3) is 0.600. The Bertz CT molecular complexity index is 588. The molecule has 0 aromatic heterocycles. The van der Waals surface area contributed by atoms with Crippen molar-refractivity contribution in [1.29, 1.82) is 0 Å². The lowest BCUT2D eigenvalue weighted by atomic mass is 9.96. The molecular weight excluding hydrogens is 288 g/mol. The van der Waals surface area contributed by atoms with Crippen molar-refractivity contribution >= 4 is 10.0 Å². The number of rotatable bonds is 5. The van der Waals surface area contributed by atoms with Crippen LogP contribution >= 0.6 is 0 Å². The first kappa shape index (κ1) is 16.4. The quantitative estimate of drug-likeness (QED) is 0.894.